The van der Waals surface area contributed by atoms with Crippen molar-refractivity contribution in [1.82, 2.24) is 15.2 Å². The molecule has 6 heteroatoms. The average molecular weight is 305 g/mol. The zero-order valence-electron chi connectivity index (χ0n) is 13.1. The summed E-state index contributed by atoms with van der Waals surface area (Å²) in [7, 11) is 0. The lowest BCUT2D eigenvalue weighted by atomic mass is 9.91. The molecule has 2 rings (SSSR count). The number of aryl methyl sites for hydroxylation is 1. The molecule has 0 bridgehead atoms. The van der Waals surface area contributed by atoms with Crippen LogP contribution in [0.1, 0.15) is 24.7 Å². The Morgan fingerprint density at radius 2 is 2.18 bits per heavy atom. The molecular formula is C16H23N3O3. The van der Waals surface area contributed by atoms with Gasteiger partial charge in [0.25, 0.3) is 0 Å². The Labute approximate surface area is 130 Å². The van der Waals surface area contributed by atoms with Gasteiger partial charge in [0.1, 0.15) is 0 Å². The number of amides is 2. The lowest BCUT2D eigenvalue weighted by Gasteiger charge is -2.34. The molecule has 2 N–H and O–H groups in total. The molecule has 0 aliphatic carbocycles. The maximum Gasteiger partial charge on any atom is 0.317 e. The van der Waals surface area contributed by atoms with Gasteiger partial charge in [-0.1, -0.05) is 13.0 Å². The average Bonchev–Trinajstić information content (AvgIpc) is 2.46. The number of hydrogen-bond acceptors (Lipinski definition) is 3. The number of carbonyl (C=O) groups excluding carboxylic acids is 1. The molecule has 1 aliphatic heterocycles. The van der Waals surface area contributed by atoms with Crippen molar-refractivity contribution in [3.05, 3.63) is 29.6 Å². The van der Waals surface area contributed by atoms with Gasteiger partial charge in [0.15, 0.2) is 0 Å². The third kappa shape index (κ3) is 4.44. The monoisotopic (exact) mass is 305 g/mol. The second kappa shape index (κ2) is 7.24. The van der Waals surface area contributed by atoms with Crippen LogP contribution < -0.4 is 5.32 Å². The van der Waals surface area contributed by atoms with E-state index in [1.54, 1.807) is 4.90 Å². The first-order chi connectivity index (χ1) is 10.5. The number of likely N-dealkylation sites (tertiary alicyclic amines) is 1. The second-order valence-electron chi connectivity index (χ2n) is 6.03. The van der Waals surface area contributed by atoms with Gasteiger partial charge >= 0.3 is 12.0 Å². The van der Waals surface area contributed by atoms with E-state index in [1.165, 1.54) is 0 Å². The first kappa shape index (κ1) is 16.3. The molecule has 1 aromatic rings. The fraction of sp³-hybridized carbons (Fsp3) is 0.562. The normalized spacial score (nSPS) is 21.5. The molecule has 1 fully saturated rings. The molecule has 0 aromatic carbocycles. The zero-order chi connectivity index (χ0) is 16.1. The Balaban J connectivity index is 1.82. The fourth-order valence-electron chi connectivity index (χ4n) is 2.84. The van der Waals surface area contributed by atoms with E-state index >= 15 is 0 Å². The number of pyridine rings is 1. The fourth-order valence-corrected chi connectivity index (χ4v) is 2.84. The predicted molar refractivity (Wildman–Crippen MR) is 82.6 cm³/mol. The molecule has 120 valence electrons. The summed E-state index contributed by atoms with van der Waals surface area (Å²) < 4.78 is 0. The highest BCUT2D eigenvalue weighted by molar-refractivity contribution is 5.76. The Morgan fingerprint density at radius 1 is 1.41 bits per heavy atom. The van der Waals surface area contributed by atoms with Crippen LogP contribution >= 0.6 is 0 Å². The quantitative estimate of drug-likeness (QED) is 0.886. The van der Waals surface area contributed by atoms with Gasteiger partial charge < -0.3 is 15.3 Å². The minimum atomic E-state index is -0.826. The van der Waals surface area contributed by atoms with Crippen LogP contribution in [-0.2, 0) is 11.2 Å². The van der Waals surface area contributed by atoms with Crippen LogP contribution in [0, 0.1) is 18.8 Å². The number of urea groups is 1. The van der Waals surface area contributed by atoms with Gasteiger partial charge in [-0.15, -0.1) is 0 Å². The van der Waals surface area contributed by atoms with Crippen molar-refractivity contribution in [3.8, 4) is 0 Å². The molecule has 6 nitrogen and oxygen atoms in total. The summed E-state index contributed by atoms with van der Waals surface area (Å²) in [6.07, 6.45) is 1.30. The number of piperidine rings is 1. The second-order valence-corrected chi connectivity index (χ2v) is 6.03. The number of rotatable bonds is 4. The summed E-state index contributed by atoms with van der Waals surface area (Å²) in [6.45, 7) is 5.31. The largest absolute Gasteiger partial charge is 0.481 e. The minimum Gasteiger partial charge on any atom is -0.481 e. The summed E-state index contributed by atoms with van der Waals surface area (Å²) in [5, 5.41) is 12.0. The van der Waals surface area contributed by atoms with Crippen molar-refractivity contribution in [1.29, 1.82) is 0 Å². The number of carboxylic acids is 1. The van der Waals surface area contributed by atoms with E-state index in [2.05, 4.69) is 10.3 Å². The molecule has 2 unspecified atom stereocenters. The highest BCUT2D eigenvalue weighted by atomic mass is 16.4. The number of hydrogen-bond donors (Lipinski definition) is 2. The van der Waals surface area contributed by atoms with E-state index in [4.69, 9.17) is 5.11 Å². The molecule has 0 radical (unpaired) electrons. The molecule has 1 saturated heterocycles. The Hall–Kier alpha value is -2.11. The van der Waals surface area contributed by atoms with Gasteiger partial charge in [0.05, 0.1) is 5.92 Å². The Kier molecular flexibility index (Phi) is 5.35. The lowest BCUT2D eigenvalue weighted by molar-refractivity contribution is -0.143. The van der Waals surface area contributed by atoms with E-state index in [9.17, 15) is 9.59 Å². The van der Waals surface area contributed by atoms with Crippen molar-refractivity contribution in [3.63, 3.8) is 0 Å². The van der Waals surface area contributed by atoms with Gasteiger partial charge in [-0.05, 0) is 31.4 Å². The van der Waals surface area contributed by atoms with Crippen LogP contribution in [0.5, 0.6) is 0 Å². The van der Waals surface area contributed by atoms with Gasteiger partial charge in [0.2, 0.25) is 0 Å². The van der Waals surface area contributed by atoms with Crippen LogP contribution in [0.25, 0.3) is 0 Å². The molecule has 0 saturated carbocycles. The van der Waals surface area contributed by atoms with E-state index in [0.717, 1.165) is 11.4 Å². The number of nitrogens with one attached hydrogen (secondary N) is 1. The van der Waals surface area contributed by atoms with Crippen LogP contribution in [0.4, 0.5) is 4.79 Å². The number of aromatic nitrogens is 1. The first-order valence-electron chi connectivity index (χ1n) is 7.64. The maximum atomic E-state index is 12.2. The van der Waals surface area contributed by atoms with Crippen LogP contribution in [0.3, 0.4) is 0 Å². The zero-order valence-corrected chi connectivity index (χ0v) is 13.1. The number of nitrogens with zero attached hydrogens (tertiary/aromatic N) is 2. The predicted octanol–water partition coefficient (Wildman–Crippen LogP) is 1.68. The van der Waals surface area contributed by atoms with Crippen LogP contribution in [0.2, 0.25) is 0 Å². The molecule has 1 aromatic heterocycles. The van der Waals surface area contributed by atoms with E-state index in [1.807, 2.05) is 32.0 Å². The van der Waals surface area contributed by atoms with Crippen molar-refractivity contribution >= 4 is 12.0 Å². The highest BCUT2D eigenvalue weighted by Gasteiger charge is 2.31. The van der Waals surface area contributed by atoms with Crippen molar-refractivity contribution < 1.29 is 14.7 Å². The standard InChI is InChI=1S/C16H23N3O3/c1-11-8-13(15(20)21)10-19(9-11)16(22)17-7-6-14-5-3-4-12(2)18-14/h3-5,11,13H,6-10H2,1-2H3,(H,17,22)(H,20,21). The molecule has 0 spiro atoms. The van der Waals surface area contributed by atoms with Gasteiger partial charge in [0, 0.05) is 37.4 Å². The van der Waals surface area contributed by atoms with E-state index in [0.29, 0.717) is 25.9 Å². The topological polar surface area (TPSA) is 82.5 Å². The van der Waals surface area contributed by atoms with Gasteiger partial charge in [-0.2, -0.15) is 0 Å². The smallest absolute Gasteiger partial charge is 0.317 e. The Bertz CT molecular complexity index is 547. The van der Waals surface area contributed by atoms with Crippen molar-refractivity contribution in [2.45, 2.75) is 26.7 Å². The first-order valence-corrected chi connectivity index (χ1v) is 7.64. The van der Waals surface area contributed by atoms with Gasteiger partial charge in [-0.3, -0.25) is 9.78 Å². The molecular weight excluding hydrogens is 282 g/mol. The highest BCUT2D eigenvalue weighted by Crippen LogP contribution is 2.21. The molecule has 2 heterocycles. The number of carbonyl (C=O) groups is 2. The SMILES string of the molecule is Cc1cccc(CCNC(=O)N2CC(C)CC(C(=O)O)C2)n1. The third-order valence-electron chi connectivity index (χ3n) is 3.90. The van der Waals surface area contributed by atoms with Crippen LogP contribution in [0.15, 0.2) is 18.2 Å². The van der Waals surface area contributed by atoms with Crippen molar-refractivity contribution in [2.75, 3.05) is 19.6 Å². The molecule has 2 amide bonds. The van der Waals surface area contributed by atoms with E-state index < -0.39 is 11.9 Å². The third-order valence-corrected chi connectivity index (χ3v) is 3.90. The van der Waals surface area contributed by atoms with Gasteiger partial charge in [-0.25, -0.2) is 4.79 Å². The maximum absolute atomic E-state index is 12.2. The summed E-state index contributed by atoms with van der Waals surface area (Å²) in [5.74, 6) is -1.08. The molecule has 22 heavy (non-hydrogen) atoms. The Morgan fingerprint density at radius 3 is 2.86 bits per heavy atom. The summed E-state index contributed by atoms with van der Waals surface area (Å²) >= 11 is 0. The summed E-state index contributed by atoms with van der Waals surface area (Å²) in [6, 6.07) is 5.63. The number of aliphatic carboxylic acids is 1. The molecule has 1 aliphatic rings. The summed E-state index contributed by atoms with van der Waals surface area (Å²) in [5.41, 5.74) is 1.90. The van der Waals surface area contributed by atoms with Crippen LogP contribution in [-0.4, -0.2) is 46.6 Å². The molecule has 2 atom stereocenters. The van der Waals surface area contributed by atoms with E-state index in [-0.39, 0.29) is 18.5 Å². The minimum absolute atomic E-state index is 0.189. The lowest BCUT2D eigenvalue weighted by Crippen LogP contribution is -2.49. The van der Waals surface area contributed by atoms with Crippen molar-refractivity contribution in [2.24, 2.45) is 11.8 Å². The number of carboxylic acid groups (broad SMARTS) is 1. The summed E-state index contributed by atoms with van der Waals surface area (Å²) in [4.78, 5) is 29.3.